The molecule has 6 heteroatoms. The van der Waals surface area contributed by atoms with Crippen molar-refractivity contribution >= 4 is 11.8 Å². The summed E-state index contributed by atoms with van der Waals surface area (Å²) in [5.41, 5.74) is -0.667. The molecular weight excluding hydrogens is 285 g/mol. The quantitative estimate of drug-likeness (QED) is 0.815. The third kappa shape index (κ3) is 3.26. The first-order chi connectivity index (χ1) is 10.6. The van der Waals surface area contributed by atoms with Gasteiger partial charge in [-0.25, -0.2) is 4.98 Å². The lowest BCUT2D eigenvalue weighted by atomic mass is 9.95. The zero-order valence-corrected chi connectivity index (χ0v) is 12.4. The smallest absolute Gasteiger partial charge is 0.252 e. The van der Waals surface area contributed by atoms with Crippen molar-refractivity contribution in [3.8, 4) is 0 Å². The number of amides is 2. The van der Waals surface area contributed by atoms with Gasteiger partial charge in [0.2, 0.25) is 11.9 Å². The fourth-order valence-electron chi connectivity index (χ4n) is 2.95. The minimum absolute atomic E-state index is 0.111. The Balaban J connectivity index is 1.70. The number of halogens is 1. The highest BCUT2D eigenvalue weighted by molar-refractivity contribution is 5.99. The molecule has 2 saturated carbocycles. The van der Waals surface area contributed by atoms with E-state index in [0.29, 0.717) is 25.3 Å². The first kappa shape index (κ1) is 14.9. The van der Waals surface area contributed by atoms with Crippen molar-refractivity contribution in [2.75, 3.05) is 6.54 Å². The summed E-state index contributed by atoms with van der Waals surface area (Å²) in [7, 11) is 0. The molecule has 0 unspecified atom stereocenters. The van der Waals surface area contributed by atoms with Gasteiger partial charge in [0.1, 0.15) is 5.54 Å². The molecule has 0 aliphatic heterocycles. The molecule has 0 spiro atoms. The standard InChI is InChI=1S/C16H20FN3O2/c17-13-9-12(5-8-18-13)14(21)20-16(6-1-2-7-16)15(22)19-10-11-3-4-11/h5,8-9,11H,1-4,6-7,10H2,(H,19,22)(H,20,21). The highest BCUT2D eigenvalue weighted by Crippen LogP contribution is 2.32. The van der Waals surface area contributed by atoms with E-state index >= 15 is 0 Å². The molecule has 0 aromatic carbocycles. The van der Waals surface area contributed by atoms with E-state index in [-0.39, 0.29) is 11.5 Å². The van der Waals surface area contributed by atoms with Crippen LogP contribution in [0.3, 0.4) is 0 Å². The number of nitrogens with zero attached hydrogens (tertiary/aromatic N) is 1. The van der Waals surface area contributed by atoms with Crippen molar-refractivity contribution in [2.45, 2.75) is 44.1 Å². The average molecular weight is 305 g/mol. The Hall–Kier alpha value is -1.98. The molecule has 2 aliphatic rings. The lowest BCUT2D eigenvalue weighted by Crippen LogP contribution is -2.57. The highest BCUT2D eigenvalue weighted by Gasteiger charge is 2.42. The summed E-state index contributed by atoms with van der Waals surface area (Å²) < 4.78 is 13.1. The summed E-state index contributed by atoms with van der Waals surface area (Å²) in [6.07, 6.45) is 6.64. The molecule has 2 fully saturated rings. The molecule has 1 aromatic rings. The van der Waals surface area contributed by atoms with Gasteiger partial charge in [-0.05, 0) is 37.7 Å². The summed E-state index contributed by atoms with van der Waals surface area (Å²) in [5, 5.41) is 5.79. The largest absolute Gasteiger partial charge is 0.354 e. The third-order valence-corrected chi connectivity index (χ3v) is 4.48. The van der Waals surface area contributed by atoms with Gasteiger partial charge >= 0.3 is 0 Å². The van der Waals surface area contributed by atoms with Crippen molar-refractivity contribution in [1.82, 2.24) is 15.6 Å². The van der Waals surface area contributed by atoms with Gasteiger partial charge in [-0.2, -0.15) is 4.39 Å². The topological polar surface area (TPSA) is 71.1 Å². The fraction of sp³-hybridized carbons (Fsp3) is 0.562. The van der Waals surface area contributed by atoms with E-state index in [2.05, 4.69) is 15.6 Å². The Morgan fingerprint density at radius 2 is 2.05 bits per heavy atom. The number of rotatable bonds is 5. The van der Waals surface area contributed by atoms with Crippen LogP contribution in [-0.2, 0) is 4.79 Å². The molecule has 0 bridgehead atoms. The van der Waals surface area contributed by atoms with Crippen LogP contribution in [0.1, 0.15) is 48.9 Å². The maximum absolute atomic E-state index is 13.1. The van der Waals surface area contributed by atoms with E-state index in [1.807, 2.05) is 0 Å². The van der Waals surface area contributed by atoms with E-state index in [9.17, 15) is 14.0 Å². The third-order valence-electron chi connectivity index (χ3n) is 4.48. The molecule has 2 aliphatic carbocycles. The van der Waals surface area contributed by atoms with Gasteiger partial charge < -0.3 is 10.6 Å². The number of carbonyl (C=O) groups is 2. The molecule has 3 rings (SSSR count). The van der Waals surface area contributed by atoms with Gasteiger partial charge in [-0.3, -0.25) is 9.59 Å². The predicted octanol–water partition coefficient (Wildman–Crippen LogP) is 1.79. The van der Waals surface area contributed by atoms with E-state index < -0.39 is 17.4 Å². The molecule has 0 atom stereocenters. The molecule has 0 radical (unpaired) electrons. The number of pyridine rings is 1. The summed E-state index contributed by atoms with van der Waals surface area (Å²) in [4.78, 5) is 28.3. The average Bonchev–Trinajstić information content (AvgIpc) is 3.22. The van der Waals surface area contributed by atoms with Crippen LogP contribution < -0.4 is 10.6 Å². The van der Waals surface area contributed by atoms with Gasteiger partial charge in [-0.1, -0.05) is 12.8 Å². The second kappa shape index (κ2) is 6.02. The first-order valence-corrected chi connectivity index (χ1v) is 7.81. The molecule has 5 nitrogen and oxygen atoms in total. The zero-order chi connectivity index (χ0) is 15.6. The maximum atomic E-state index is 13.1. The molecule has 1 heterocycles. The molecular formula is C16H20FN3O2. The Labute approximate surface area is 128 Å². The second-order valence-corrected chi connectivity index (χ2v) is 6.26. The van der Waals surface area contributed by atoms with Crippen molar-refractivity contribution in [2.24, 2.45) is 5.92 Å². The number of aromatic nitrogens is 1. The van der Waals surface area contributed by atoms with Crippen LogP contribution in [0.4, 0.5) is 4.39 Å². The molecule has 2 amide bonds. The van der Waals surface area contributed by atoms with Gasteiger partial charge in [0.25, 0.3) is 5.91 Å². The zero-order valence-electron chi connectivity index (χ0n) is 12.4. The first-order valence-electron chi connectivity index (χ1n) is 7.81. The summed E-state index contributed by atoms with van der Waals surface area (Å²) in [5.74, 6) is -0.650. The summed E-state index contributed by atoms with van der Waals surface area (Å²) >= 11 is 0. The van der Waals surface area contributed by atoms with E-state index in [1.54, 1.807) is 0 Å². The molecule has 2 N–H and O–H groups in total. The number of carbonyl (C=O) groups excluding carboxylic acids is 2. The van der Waals surface area contributed by atoms with E-state index in [0.717, 1.165) is 31.7 Å². The van der Waals surface area contributed by atoms with Crippen LogP contribution in [0, 0.1) is 11.9 Å². The lowest BCUT2D eigenvalue weighted by molar-refractivity contribution is -0.127. The molecule has 0 saturated heterocycles. The molecule has 1 aromatic heterocycles. The Morgan fingerprint density at radius 3 is 2.68 bits per heavy atom. The normalized spacial score (nSPS) is 19.7. The summed E-state index contributed by atoms with van der Waals surface area (Å²) in [6, 6.07) is 2.53. The van der Waals surface area contributed by atoms with Crippen LogP contribution in [0.25, 0.3) is 0 Å². The maximum Gasteiger partial charge on any atom is 0.252 e. The monoisotopic (exact) mass is 305 g/mol. The van der Waals surface area contributed by atoms with Gasteiger partial charge in [0.15, 0.2) is 0 Å². The van der Waals surface area contributed by atoms with Crippen molar-refractivity contribution in [3.05, 3.63) is 29.8 Å². The Kier molecular flexibility index (Phi) is 4.09. The Morgan fingerprint density at radius 1 is 1.32 bits per heavy atom. The number of nitrogens with one attached hydrogen (secondary N) is 2. The van der Waals surface area contributed by atoms with Crippen molar-refractivity contribution in [3.63, 3.8) is 0 Å². The van der Waals surface area contributed by atoms with E-state index in [4.69, 9.17) is 0 Å². The minimum atomic E-state index is -0.855. The van der Waals surface area contributed by atoms with Crippen LogP contribution in [-0.4, -0.2) is 28.9 Å². The predicted molar refractivity (Wildman–Crippen MR) is 78.6 cm³/mol. The second-order valence-electron chi connectivity index (χ2n) is 6.26. The van der Waals surface area contributed by atoms with Crippen LogP contribution >= 0.6 is 0 Å². The molecule has 118 valence electrons. The van der Waals surface area contributed by atoms with Crippen LogP contribution in [0.15, 0.2) is 18.3 Å². The van der Waals surface area contributed by atoms with Gasteiger partial charge in [-0.15, -0.1) is 0 Å². The minimum Gasteiger partial charge on any atom is -0.354 e. The van der Waals surface area contributed by atoms with Crippen LogP contribution in [0.2, 0.25) is 0 Å². The van der Waals surface area contributed by atoms with Crippen molar-refractivity contribution in [1.29, 1.82) is 0 Å². The van der Waals surface area contributed by atoms with Crippen molar-refractivity contribution < 1.29 is 14.0 Å². The van der Waals surface area contributed by atoms with Gasteiger partial charge in [0, 0.05) is 24.4 Å². The summed E-state index contributed by atoms with van der Waals surface area (Å²) in [6.45, 7) is 0.681. The lowest BCUT2D eigenvalue weighted by Gasteiger charge is -2.29. The molecule has 22 heavy (non-hydrogen) atoms. The number of hydrogen-bond donors (Lipinski definition) is 2. The van der Waals surface area contributed by atoms with Crippen LogP contribution in [0.5, 0.6) is 0 Å². The number of hydrogen-bond acceptors (Lipinski definition) is 3. The van der Waals surface area contributed by atoms with Gasteiger partial charge in [0.05, 0.1) is 0 Å². The Bertz CT molecular complexity index is 581. The van der Waals surface area contributed by atoms with E-state index in [1.165, 1.54) is 12.3 Å². The SMILES string of the molecule is O=C(NC1(C(=O)NCC2CC2)CCCC1)c1ccnc(F)c1. The highest BCUT2D eigenvalue weighted by atomic mass is 19.1. The fourth-order valence-corrected chi connectivity index (χ4v) is 2.95.